The number of benzene rings is 1. The molecule has 206 valence electrons. The third-order valence-corrected chi connectivity index (χ3v) is 6.15. The lowest BCUT2D eigenvalue weighted by Gasteiger charge is -2.21. The summed E-state index contributed by atoms with van der Waals surface area (Å²) in [6.45, 7) is 3.49. The molecule has 2 amide bonds. The van der Waals surface area contributed by atoms with E-state index in [1.54, 1.807) is 0 Å². The molecule has 0 aliphatic rings. The van der Waals surface area contributed by atoms with Gasteiger partial charge in [-0.05, 0) is 50.2 Å². The first-order chi connectivity index (χ1) is 17.7. The number of Topliss-reactive ketones (excluding diaryl/α,β-unsaturated/α-hetero) is 2. The van der Waals surface area contributed by atoms with Gasteiger partial charge >= 0.3 is 0 Å². The van der Waals surface area contributed by atoms with Crippen LogP contribution >= 0.6 is 0 Å². The number of hydrogen-bond donors (Lipinski definition) is 5. The SMILES string of the molecule is CCC(CCC(=O)NCCCCCC(=O)C(Cc1ccc(CC(C)=O)cc1)NN[C@H](C=O)CO)C(N)=O. The number of ketones is 2. The van der Waals surface area contributed by atoms with E-state index in [1.165, 1.54) is 6.92 Å². The van der Waals surface area contributed by atoms with Crippen LogP contribution in [0.5, 0.6) is 0 Å². The fourth-order valence-corrected chi connectivity index (χ4v) is 3.84. The number of hydrazine groups is 1. The van der Waals surface area contributed by atoms with Crippen molar-refractivity contribution in [3.8, 4) is 0 Å². The molecule has 0 bridgehead atoms. The summed E-state index contributed by atoms with van der Waals surface area (Å²) in [5.74, 6) is -0.752. The van der Waals surface area contributed by atoms with Crippen molar-refractivity contribution >= 4 is 29.7 Å². The van der Waals surface area contributed by atoms with E-state index in [9.17, 15) is 29.1 Å². The number of aldehydes is 1. The summed E-state index contributed by atoms with van der Waals surface area (Å²) in [6.07, 6.45) is 5.03. The standard InChI is InChI=1S/C27H42N4O6/c1-3-22(27(28)37)12-13-26(36)29-14-6-4-5-7-25(35)24(31-30-23(17-32)18-33)16-21-10-8-20(9-11-21)15-19(2)34/h8-11,17,22-24,30-31,33H,3-7,12-16,18H2,1-2H3,(H2,28,37)(H,29,36)/t22?,23-,24?/m1/s1. The highest BCUT2D eigenvalue weighted by molar-refractivity contribution is 5.84. The molecule has 10 heteroatoms. The van der Waals surface area contributed by atoms with E-state index < -0.39 is 18.7 Å². The molecule has 0 aliphatic heterocycles. The van der Waals surface area contributed by atoms with Crippen molar-refractivity contribution in [1.82, 2.24) is 16.2 Å². The Morgan fingerprint density at radius 3 is 2.24 bits per heavy atom. The van der Waals surface area contributed by atoms with Crippen LogP contribution in [0, 0.1) is 5.92 Å². The molecule has 1 rings (SSSR count). The lowest BCUT2D eigenvalue weighted by atomic mass is 9.97. The van der Waals surface area contributed by atoms with Crippen LogP contribution in [0.3, 0.4) is 0 Å². The van der Waals surface area contributed by atoms with Gasteiger partial charge in [0.15, 0.2) is 5.78 Å². The van der Waals surface area contributed by atoms with Crippen molar-refractivity contribution < 1.29 is 29.1 Å². The molecule has 1 aromatic carbocycles. The second-order valence-corrected chi connectivity index (χ2v) is 9.34. The highest BCUT2D eigenvalue weighted by Crippen LogP contribution is 2.12. The Balaban J connectivity index is 2.49. The minimum absolute atomic E-state index is 0.0380. The number of amides is 2. The average molecular weight is 519 g/mol. The van der Waals surface area contributed by atoms with E-state index >= 15 is 0 Å². The molecule has 10 nitrogen and oxygen atoms in total. The normalized spacial score (nSPS) is 13.4. The summed E-state index contributed by atoms with van der Waals surface area (Å²) in [5, 5.41) is 12.1. The van der Waals surface area contributed by atoms with Gasteiger partial charge in [0.2, 0.25) is 11.8 Å². The molecule has 0 fully saturated rings. The molecule has 3 atom stereocenters. The van der Waals surface area contributed by atoms with Crippen LogP contribution < -0.4 is 21.9 Å². The smallest absolute Gasteiger partial charge is 0.220 e. The minimum atomic E-state index is -0.826. The van der Waals surface area contributed by atoms with Crippen LogP contribution in [0.4, 0.5) is 0 Å². The number of carbonyl (C=O) groups excluding carboxylic acids is 5. The molecule has 0 saturated carbocycles. The third-order valence-electron chi connectivity index (χ3n) is 6.15. The quantitative estimate of drug-likeness (QED) is 0.0909. The fourth-order valence-electron chi connectivity index (χ4n) is 3.84. The van der Waals surface area contributed by atoms with Gasteiger partial charge < -0.3 is 21.0 Å². The first-order valence-corrected chi connectivity index (χ1v) is 12.9. The van der Waals surface area contributed by atoms with Gasteiger partial charge in [0, 0.05) is 31.7 Å². The lowest BCUT2D eigenvalue weighted by molar-refractivity contribution is -0.124. The maximum Gasteiger partial charge on any atom is 0.220 e. The largest absolute Gasteiger partial charge is 0.394 e. The molecular weight excluding hydrogens is 476 g/mol. The van der Waals surface area contributed by atoms with E-state index in [1.807, 2.05) is 31.2 Å². The van der Waals surface area contributed by atoms with Crippen LogP contribution in [0.25, 0.3) is 0 Å². The zero-order valence-electron chi connectivity index (χ0n) is 22.0. The van der Waals surface area contributed by atoms with Crippen LogP contribution in [0.15, 0.2) is 24.3 Å². The van der Waals surface area contributed by atoms with E-state index in [4.69, 9.17) is 5.73 Å². The summed E-state index contributed by atoms with van der Waals surface area (Å²) < 4.78 is 0. The number of rotatable bonds is 21. The topological polar surface area (TPSA) is 168 Å². The number of nitrogens with one attached hydrogen (secondary N) is 3. The lowest BCUT2D eigenvalue weighted by Crippen LogP contribution is -2.52. The van der Waals surface area contributed by atoms with Crippen molar-refractivity contribution in [2.45, 2.75) is 83.7 Å². The van der Waals surface area contributed by atoms with E-state index in [2.05, 4.69) is 16.2 Å². The number of nitrogens with two attached hydrogens (primary N) is 1. The molecular formula is C27H42N4O6. The number of carbonyl (C=O) groups is 5. The maximum atomic E-state index is 12.9. The number of aliphatic hydroxyl groups is 1. The maximum absolute atomic E-state index is 12.9. The number of hydrogen-bond acceptors (Lipinski definition) is 8. The third kappa shape index (κ3) is 13.8. The fraction of sp³-hybridized carbons (Fsp3) is 0.593. The zero-order chi connectivity index (χ0) is 27.6. The molecule has 0 saturated heterocycles. The van der Waals surface area contributed by atoms with Gasteiger partial charge in [0.25, 0.3) is 0 Å². The van der Waals surface area contributed by atoms with Crippen LogP contribution in [0.1, 0.15) is 69.9 Å². The van der Waals surface area contributed by atoms with Crippen molar-refractivity contribution in [3.63, 3.8) is 0 Å². The zero-order valence-corrected chi connectivity index (χ0v) is 22.0. The summed E-state index contributed by atoms with van der Waals surface area (Å²) in [5.41, 5.74) is 12.7. The minimum Gasteiger partial charge on any atom is -0.394 e. The van der Waals surface area contributed by atoms with Crippen LogP contribution in [-0.2, 0) is 36.8 Å². The Labute approximate surface area is 219 Å². The first kappa shape index (κ1) is 32.1. The molecule has 0 aliphatic carbocycles. The second-order valence-electron chi connectivity index (χ2n) is 9.34. The van der Waals surface area contributed by atoms with Crippen molar-refractivity contribution in [2.75, 3.05) is 13.2 Å². The summed E-state index contributed by atoms with van der Waals surface area (Å²) in [6, 6.07) is 6.03. The van der Waals surface area contributed by atoms with Gasteiger partial charge in [-0.3, -0.25) is 19.2 Å². The number of unbranched alkanes of at least 4 members (excludes halogenated alkanes) is 2. The van der Waals surface area contributed by atoms with Crippen LogP contribution in [-0.4, -0.2) is 60.0 Å². The highest BCUT2D eigenvalue weighted by atomic mass is 16.3. The number of aliphatic hydroxyl groups excluding tert-OH is 1. The molecule has 0 aromatic heterocycles. The van der Waals surface area contributed by atoms with E-state index in [-0.39, 0.29) is 35.7 Å². The van der Waals surface area contributed by atoms with Gasteiger partial charge in [-0.25, -0.2) is 10.9 Å². The molecule has 6 N–H and O–H groups in total. The molecule has 2 unspecified atom stereocenters. The Kier molecular flexibility index (Phi) is 15.9. The van der Waals surface area contributed by atoms with Crippen molar-refractivity contribution in [2.24, 2.45) is 11.7 Å². The van der Waals surface area contributed by atoms with Crippen molar-refractivity contribution in [1.29, 1.82) is 0 Å². The Morgan fingerprint density at radius 2 is 1.68 bits per heavy atom. The Hall–Kier alpha value is -2.95. The predicted octanol–water partition coefficient (Wildman–Crippen LogP) is 0.921. The van der Waals surface area contributed by atoms with Gasteiger partial charge in [0.1, 0.15) is 12.1 Å². The Morgan fingerprint density at radius 1 is 1.00 bits per heavy atom. The van der Waals surface area contributed by atoms with Gasteiger partial charge in [-0.15, -0.1) is 0 Å². The predicted molar refractivity (Wildman–Crippen MR) is 140 cm³/mol. The summed E-state index contributed by atoms with van der Waals surface area (Å²) >= 11 is 0. The van der Waals surface area contributed by atoms with E-state index in [0.29, 0.717) is 51.4 Å². The van der Waals surface area contributed by atoms with Crippen molar-refractivity contribution in [3.05, 3.63) is 35.4 Å². The molecule has 1 aromatic rings. The first-order valence-electron chi connectivity index (χ1n) is 12.9. The van der Waals surface area contributed by atoms with Gasteiger partial charge in [-0.1, -0.05) is 37.6 Å². The van der Waals surface area contributed by atoms with Gasteiger partial charge in [-0.2, -0.15) is 0 Å². The highest BCUT2D eigenvalue weighted by Gasteiger charge is 2.20. The molecule has 0 spiro atoms. The average Bonchev–Trinajstić information content (AvgIpc) is 2.86. The summed E-state index contributed by atoms with van der Waals surface area (Å²) in [4.78, 5) is 58.4. The molecule has 37 heavy (non-hydrogen) atoms. The number of primary amides is 1. The second kappa shape index (κ2) is 18.3. The Bertz CT molecular complexity index is 874. The molecule has 0 heterocycles. The summed E-state index contributed by atoms with van der Waals surface area (Å²) in [7, 11) is 0. The van der Waals surface area contributed by atoms with E-state index in [0.717, 1.165) is 24.0 Å². The monoisotopic (exact) mass is 518 g/mol. The van der Waals surface area contributed by atoms with Gasteiger partial charge in [0.05, 0.1) is 18.7 Å². The van der Waals surface area contributed by atoms with Crippen LogP contribution in [0.2, 0.25) is 0 Å². The molecule has 0 radical (unpaired) electrons.